The van der Waals surface area contributed by atoms with Gasteiger partial charge in [-0.05, 0) is 19.3 Å². The fraction of sp³-hybridized carbons (Fsp3) is 0.818. The summed E-state index contributed by atoms with van der Waals surface area (Å²) in [4.78, 5) is 23.7. The Kier molecular flexibility index (Phi) is 5.08. The van der Waals surface area contributed by atoms with E-state index in [4.69, 9.17) is 9.84 Å². The molecule has 5 nitrogen and oxygen atoms in total. The van der Waals surface area contributed by atoms with Crippen LogP contribution in [-0.2, 0) is 9.53 Å². The van der Waals surface area contributed by atoms with Crippen molar-refractivity contribution in [2.75, 3.05) is 13.2 Å². The number of carboxylic acids is 1. The number of aliphatic carboxylic acids is 1. The van der Waals surface area contributed by atoms with E-state index in [2.05, 4.69) is 6.92 Å². The lowest BCUT2D eigenvalue weighted by Crippen LogP contribution is -2.40. The minimum atomic E-state index is -0.942. The van der Waals surface area contributed by atoms with E-state index in [0.29, 0.717) is 19.6 Å². The molecule has 1 unspecified atom stereocenters. The van der Waals surface area contributed by atoms with E-state index in [0.717, 1.165) is 25.7 Å². The number of carbonyl (C=O) groups is 2. The van der Waals surface area contributed by atoms with Crippen molar-refractivity contribution in [3.05, 3.63) is 0 Å². The van der Waals surface area contributed by atoms with Crippen LogP contribution < -0.4 is 0 Å². The van der Waals surface area contributed by atoms with Gasteiger partial charge in [0.1, 0.15) is 6.04 Å². The number of carboxylic acid groups (broad SMARTS) is 1. The topological polar surface area (TPSA) is 66.8 Å². The molecule has 1 saturated heterocycles. The van der Waals surface area contributed by atoms with Crippen molar-refractivity contribution >= 4 is 12.1 Å². The van der Waals surface area contributed by atoms with Gasteiger partial charge in [-0.1, -0.05) is 19.8 Å². The van der Waals surface area contributed by atoms with E-state index in [9.17, 15) is 9.59 Å². The average Bonchev–Trinajstić information content (AvgIpc) is 2.73. The molecule has 1 N–H and O–H groups in total. The lowest BCUT2D eigenvalue weighted by Gasteiger charge is -2.20. The standard InChI is InChI=1S/C11H19NO4/c1-2-3-4-8-16-11(15)12-7-5-6-9(12)10(13)14/h9H,2-8H2,1H3,(H,13,14). The summed E-state index contributed by atoms with van der Waals surface area (Å²) in [7, 11) is 0. The van der Waals surface area contributed by atoms with E-state index in [1.54, 1.807) is 0 Å². The summed E-state index contributed by atoms with van der Waals surface area (Å²) in [6.45, 7) is 2.95. The maximum absolute atomic E-state index is 11.6. The molecule has 0 spiro atoms. The molecule has 0 aromatic heterocycles. The minimum Gasteiger partial charge on any atom is -0.480 e. The first-order valence-electron chi connectivity index (χ1n) is 5.83. The molecular weight excluding hydrogens is 210 g/mol. The molecule has 1 fully saturated rings. The minimum absolute atomic E-state index is 0.384. The normalized spacial score (nSPS) is 19.8. The van der Waals surface area contributed by atoms with Crippen molar-refractivity contribution < 1.29 is 19.4 Å². The van der Waals surface area contributed by atoms with Crippen LogP contribution >= 0.6 is 0 Å². The van der Waals surface area contributed by atoms with Gasteiger partial charge in [0.25, 0.3) is 0 Å². The van der Waals surface area contributed by atoms with Crippen LogP contribution in [0.1, 0.15) is 39.0 Å². The fourth-order valence-corrected chi connectivity index (χ4v) is 1.84. The molecule has 0 aromatic rings. The molecule has 1 aliphatic heterocycles. The van der Waals surface area contributed by atoms with Crippen molar-refractivity contribution in [1.82, 2.24) is 4.90 Å². The van der Waals surface area contributed by atoms with E-state index in [1.165, 1.54) is 4.90 Å². The van der Waals surface area contributed by atoms with E-state index >= 15 is 0 Å². The van der Waals surface area contributed by atoms with Gasteiger partial charge in [0.2, 0.25) is 0 Å². The lowest BCUT2D eigenvalue weighted by molar-refractivity contribution is -0.141. The highest BCUT2D eigenvalue weighted by molar-refractivity contribution is 5.80. The monoisotopic (exact) mass is 229 g/mol. The van der Waals surface area contributed by atoms with Gasteiger partial charge in [0.05, 0.1) is 6.61 Å². The quantitative estimate of drug-likeness (QED) is 0.731. The Labute approximate surface area is 95.4 Å². The van der Waals surface area contributed by atoms with Gasteiger partial charge < -0.3 is 9.84 Å². The van der Waals surface area contributed by atoms with Crippen molar-refractivity contribution in [1.29, 1.82) is 0 Å². The van der Waals surface area contributed by atoms with Crippen molar-refractivity contribution in [3.63, 3.8) is 0 Å². The molecule has 92 valence electrons. The van der Waals surface area contributed by atoms with Crippen LogP contribution in [0.15, 0.2) is 0 Å². The lowest BCUT2D eigenvalue weighted by atomic mass is 10.2. The maximum atomic E-state index is 11.6. The number of unbranched alkanes of at least 4 members (excludes halogenated alkanes) is 2. The number of carbonyl (C=O) groups excluding carboxylic acids is 1. The second-order valence-electron chi connectivity index (χ2n) is 4.01. The van der Waals surface area contributed by atoms with Gasteiger partial charge >= 0.3 is 12.1 Å². The summed E-state index contributed by atoms with van der Waals surface area (Å²) in [6, 6.07) is -0.696. The van der Waals surface area contributed by atoms with Gasteiger partial charge in [-0.3, -0.25) is 4.90 Å². The Bertz CT molecular complexity index is 254. The third-order valence-corrected chi connectivity index (χ3v) is 2.75. The molecule has 0 saturated carbocycles. The van der Waals surface area contributed by atoms with Gasteiger partial charge in [0.15, 0.2) is 0 Å². The number of hydrogen-bond donors (Lipinski definition) is 1. The number of nitrogens with zero attached hydrogens (tertiary/aromatic N) is 1. The molecule has 16 heavy (non-hydrogen) atoms. The summed E-state index contributed by atoms with van der Waals surface area (Å²) in [5.41, 5.74) is 0. The molecule has 0 bridgehead atoms. The van der Waals surface area contributed by atoms with Crippen LogP contribution in [0.25, 0.3) is 0 Å². The predicted octanol–water partition coefficient (Wildman–Crippen LogP) is 1.86. The highest BCUT2D eigenvalue weighted by Crippen LogP contribution is 2.18. The Morgan fingerprint density at radius 1 is 1.44 bits per heavy atom. The number of rotatable bonds is 5. The molecule has 0 aromatic carbocycles. The van der Waals surface area contributed by atoms with Gasteiger partial charge in [-0.25, -0.2) is 9.59 Å². The second-order valence-corrected chi connectivity index (χ2v) is 4.01. The average molecular weight is 229 g/mol. The highest BCUT2D eigenvalue weighted by Gasteiger charge is 2.34. The summed E-state index contributed by atoms with van der Waals surface area (Å²) >= 11 is 0. The van der Waals surface area contributed by atoms with E-state index < -0.39 is 18.1 Å². The number of likely N-dealkylation sites (tertiary alicyclic amines) is 1. The molecule has 0 aliphatic carbocycles. The van der Waals surface area contributed by atoms with E-state index in [-0.39, 0.29) is 0 Å². The molecule has 1 amide bonds. The second kappa shape index (κ2) is 6.35. The molecule has 0 radical (unpaired) electrons. The van der Waals surface area contributed by atoms with Crippen molar-refractivity contribution in [2.24, 2.45) is 0 Å². The smallest absolute Gasteiger partial charge is 0.410 e. The van der Waals surface area contributed by atoms with Crippen LogP contribution in [0.5, 0.6) is 0 Å². The van der Waals surface area contributed by atoms with Crippen LogP contribution in [0, 0.1) is 0 Å². The van der Waals surface area contributed by atoms with Crippen LogP contribution in [-0.4, -0.2) is 41.3 Å². The fourth-order valence-electron chi connectivity index (χ4n) is 1.84. The molecule has 1 aliphatic rings. The van der Waals surface area contributed by atoms with E-state index in [1.807, 2.05) is 0 Å². The zero-order chi connectivity index (χ0) is 12.0. The first kappa shape index (κ1) is 12.8. The summed E-state index contributed by atoms with van der Waals surface area (Å²) < 4.78 is 5.03. The summed E-state index contributed by atoms with van der Waals surface area (Å²) in [5, 5.41) is 8.89. The zero-order valence-corrected chi connectivity index (χ0v) is 9.65. The highest BCUT2D eigenvalue weighted by atomic mass is 16.6. The first-order valence-corrected chi connectivity index (χ1v) is 5.83. The predicted molar refractivity (Wildman–Crippen MR) is 58.2 cm³/mol. The van der Waals surface area contributed by atoms with Crippen LogP contribution in [0.3, 0.4) is 0 Å². The zero-order valence-electron chi connectivity index (χ0n) is 9.65. The number of amides is 1. The molecular formula is C11H19NO4. The Morgan fingerprint density at radius 3 is 2.81 bits per heavy atom. The third kappa shape index (κ3) is 3.40. The Morgan fingerprint density at radius 2 is 2.19 bits per heavy atom. The van der Waals surface area contributed by atoms with Crippen LogP contribution in [0.2, 0.25) is 0 Å². The molecule has 1 heterocycles. The largest absolute Gasteiger partial charge is 0.480 e. The van der Waals surface area contributed by atoms with Crippen molar-refractivity contribution in [3.8, 4) is 0 Å². The molecule has 5 heteroatoms. The van der Waals surface area contributed by atoms with Crippen molar-refractivity contribution in [2.45, 2.75) is 45.1 Å². The van der Waals surface area contributed by atoms with Gasteiger partial charge in [-0.15, -0.1) is 0 Å². The van der Waals surface area contributed by atoms with Gasteiger partial charge in [-0.2, -0.15) is 0 Å². The number of ether oxygens (including phenoxy) is 1. The summed E-state index contributed by atoms with van der Waals surface area (Å²) in [6.07, 6.45) is 3.71. The molecule has 1 atom stereocenters. The molecule has 1 rings (SSSR count). The SMILES string of the molecule is CCCCCOC(=O)N1CCCC1C(=O)O. The maximum Gasteiger partial charge on any atom is 0.410 e. The number of hydrogen-bond acceptors (Lipinski definition) is 3. The van der Waals surface area contributed by atoms with Gasteiger partial charge in [0, 0.05) is 6.54 Å². The third-order valence-electron chi connectivity index (χ3n) is 2.75. The first-order chi connectivity index (χ1) is 7.66. The van der Waals surface area contributed by atoms with Crippen LogP contribution in [0.4, 0.5) is 4.79 Å². The Hall–Kier alpha value is -1.26. The Balaban J connectivity index is 2.32. The summed E-state index contributed by atoms with van der Waals surface area (Å²) in [5.74, 6) is -0.942.